The molecule has 2 N–H and O–H groups in total. The number of hydrogen-bond acceptors (Lipinski definition) is 5. The topological polar surface area (TPSA) is 78.6 Å². The van der Waals surface area contributed by atoms with Gasteiger partial charge in [-0.15, -0.1) is 0 Å². The molecule has 0 amide bonds. The van der Waals surface area contributed by atoms with Crippen molar-refractivity contribution >= 4 is 17.6 Å². The van der Waals surface area contributed by atoms with Crippen LogP contribution in [0.5, 0.6) is 0 Å². The quantitative estimate of drug-likeness (QED) is 0.612. The summed E-state index contributed by atoms with van der Waals surface area (Å²) in [6.07, 6.45) is -0.378. The first-order chi connectivity index (χ1) is 8.08. The molecular weight excluding hydrogens is 222 g/mol. The lowest BCUT2D eigenvalue weighted by Crippen LogP contribution is -2.22. The van der Waals surface area contributed by atoms with E-state index in [4.69, 9.17) is 15.2 Å². The molecule has 0 bridgehead atoms. The number of esters is 2. The predicted molar refractivity (Wildman–Crippen MR) is 60.4 cm³/mol. The molecule has 0 radical (unpaired) electrons. The molecule has 5 heteroatoms. The van der Waals surface area contributed by atoms with E-state index >= 15 is 0 Å². The van der Waals surface area contributed by atoms with Crippen molar-refractivity contribution in [3.63, 3.8) is 0 Å². The molecule has 90 valence electrons. The Labute approximate surface area is 98.5 Å². The summed E-state index contributed by atoms with van der Waals surface area (Å²) in [4.78, 5) is 22.9. The molecule has 0 spiro atoms. The minimum Gasteiger partial charge on any atom is -0.463 e. The van der Waals surface area contributed by atoms with Gasteiger partial charge in [-0.05, 0) is 24.6 Å². The minimum absolute atomic E-state index is 0.298. The first-order valence-corrected chi connectivity index (χ1v) is 5.31. The normalized spacial score (nSPS) is 18.9. The van der Waals surface area contributed by atoms with Crippen LogP contribution >= 0.6 is 0 Å². The van der Waals surface area contributed by atoms with Gasteiger partial charge in [0.25, 0.3) is 0 Å². The summed E-state index contributed by atoms with van der Waals surface area (Å²) in [5, 5.41) is 0. The van der Waals surface area contributed by atoms with Gasteiger partial charge in [0.15, 0.2) is 0 Å². The van der Waals surface area contributed by atoms with Gasteiger partial charge in [-0.2, -0.15) is 0 Å². The molecule has 1 aromatic carbocycles. The molecule has 2 rings (SSSR count). The lowest BCUT2D eigenvalue weighted by molar-refractivity contribution is -0.145. The van der Waals surface area contributed by atoms with E-state index in [1.165, 1.54) is 6.07 Å². The molecule has 1 aliphatic rings. The summed E-state index contributed by atoms with van der Waals surface area (Å²) in [5.74, 6) is -1.04. The summed E-state index contributed by atoms with van der Waals surface area (Å²) in [6, 6.07) is 4.89. The van der Waals surface area contributed by atoms with E-state index in [0.717, 1.165) is 5.56 Å². The van der Waals surface area contributed by atoms with Crippen molar-refractivity contribution in [3.8, 4) is 0 Å². The molecule has 17 heavy (non-hydrogen) atoms. The minimum atomic E-state index is -0.787. The van der Waals surface area contributed by atoms with Crippen molar-refractivity contribution in [1.82, 2.24) is 0 Å². The van der Waals surface area contributed by atoms with E-state index in [-0.39, 0.29) is 0 Å². The van der Waals surface area contributed by atoms with Crippen molar-refractivity contribution in [2.75, 3.05) is 12.3 Å². The van der Waals surface area contributed by atoms with E-state index in [1.807, 2.05) is 6.92 Å². The third-order valence-electron chi connectivity index (χ3n) is 2.65. The van der Waals surface area contributed by atoms with Crippen LogP contribution in [-0.2, 0) is 14.3 Å². The third-order valence-corrected chi connectivity index (χ3v) is 2.65. The number of aryl methyl sites for hydroxylation is 1. The molecule has 1 fully saturated rings. The van der Waals surface area contributed by atoms with Gasteiger partial charge in [-0.3, -0.25) is 0 Å². The van der Waals surface area contributed by atoms with E-state index in [1.54, 1.807) is 12.1 Å². The first-order valence-electron chi connectivity index (χ1n) is 5.31. The highest BCUT2D eigenvalue weighted by molar-refractivity contribution is 5.92. The van der Waals surface area contributed by atoms with E-state index in [2.05, 4.69) is 0 Å². The fourth-order valence-corrected chi connectivity index (χ4v) is 1.55. The molecule has 1 atom stereocenters. The SMILES string of the molecule is Cc1ccc(C(=O)OC2CCOC2=O)cc1N. The van der Waals surface area contributed by atoms with Gasteiger partial charge < -0.3 is 15.2 Å². The first kappa shape index (κ1) is 11.4. The Morgan fingerprint density at radius 3 is 2.88 bits per heavy atom. The van der Waals surface area contributed by atoms with Crippen LogP contribution in [0.1, 0.15) is 22.3 Å². The highest BCUT2D eigenvalue weighted by Gasteiger charge is 2.30. The standard InChI is InChI=1S/C12H13NO4/c1-7-2-3-8(6-9(7)13)11(14)17-10-4-5-16-12(10)15/h2-3,6,10H,4-5,13H2,1H3. The van der Waals surface area contributed by atoms with Gasteiger partial charge in [-0.1, -0.05) is 6.07 Å². The van der Waals surface area contributed by atoms with Crippen molar-refractivity contribution in [3.05, 3.63) is 29.3 Å². The molecule has 1 unspecified atom stereocenters. The summed E-state index contributed by atoms with van der Waals surface area (Å²) in [5.41, 5.74) is 7.45. The lowest BCUT2D eigenvalue weighted by Gasteiger charge is -2.09. The number of ether oxygens (including phenoxy) is 2. The number of cyclic esters (lactones) is 1. The second-order valence-corrected chi connectivity index (χ2v) is 3.92. The summed E-state index contributed by atoms with van der Waals surface area (Å²) in [7, 11) is 0. The second-order valence-electron chi connectivity index (χ2n) is 3.92. The van der Waals surface area contributed by atoms with Crippen LogP contribution in [0, 0.1) is 6.92 Å². The largest absolute Gasteiger partial charge is 0.463 e. The molecule has 1 heterocycles. The Morgan fingerprint density at radius 1 is 1.53 bits per heavy atom. The van der Waals surface area contributed by atoms with Gasteiger partial charge in [0, 0.05) is 12.1 Å². The number of carbonyl (C=O) groups is 2. The van der Waals surface area contributed by atoms with Crippen molar-refractivity contribution in [2.45, 2.75) is 19.4 Å². The van der Waals surface area contributed by atoms with E-state index < -0.39 is 18.0 Å². The fraction of sp³-hybridized carbons (Fsp3) is 0.333. The fourth-order valence-electron chi connectivity index (χ4n) is 1.55. The van der Waals surface area contributed by atoms with Crippen LogP contribution in [0.4, 0.5) is 5.69 Å². The molecule has 5 nitrogen and oxygen atoms in total. The van der Waals surface area contributed by atoms with Gasteiger partial charge in [-0.25, -0.2) is 9.59 Å². The van der Waals surface area contributed by atoms with Crippen LogP contribution in [0.2, 0.25) is 0 Å². The molecule has 1 saturated heterocycles. The average Bonchev–Trinajstić information content (AvgIpc) is 2.68. The number of hydrogen-bond donors (Lipinski definition) is 1. The zero-order valence-corrected chi connectivity index (χ0v) is 9.43. The lowest BCUT2D eigenvalue weighted by atomic mass is 10.1. The number of carbonyl (C=O) groups excluding carboxylic acids is 2. The van der Waals surface area contributed by atoms with Gasteiger partial charge in [0.05, 0.1) is 12.2 Å². The Kier molecular flexibility index (Phi) is 2.99. The molecule has 0 aliphatic carbocycles. The maximum atomic E-state index is 11.7. The zero-order chi connectivity index (χ0) is 12.4. The van der Waals surface area contributed by atoms with E-state index in [0.29, 0.717) is 24.3 Å². The smallest absolute Gasteiger partial charge is 0.347 e. The number of anilines is 1. The molecule has 1 aliphatic heterocycles. The highest BCUT2D eigenvalue weighted by atomic mass is 16.6. The maximum Gasteiger partial charge on any atom is 0.347 e. The van der Waals surface area contributed by atoms with Crippen LogP contribution in [0.25, 0.3) is 0 Å². The molecule has 0 saturated carbocycles. The molecule has 0 aromatic heterocycles. The maximum absolute atomic E-state index is 11.7. The predicted octanol–water partition coefficient (Wildman–Crippen LogP) is 1.05. The Bertz CT molecular complexity index is 470. The summed E-state index contributed by atoms with van der Waals surface area (Å²) < 4.78 is 9.74. The van der Waals surface area contributed by atoms with Gasteiger partial charge in [0.2, 0.25) is 6.10 Å². The number of rotatable bonds is 2. The summed E-state index contributed by atoms with van der Waals surface area (Å²) >= 11 is 0. The van der Waals surface area contributed by atoms with Crippen LogP contribution in [0.15, 0.2) is 18.2 Å². The Balaban J connectivity index is 2.09. The molecular formula is C12H13NO4. The van der Waals surface area contributed by atoms with Crippen LogP contribution in [-0.4, -0.2) is 24.6 Å². The molecule has 1 aromatic rings. The Morgan fingerprint density at radius 2 is 2.29 bits per heavy atom. The van der Waals surface area contributed by atoms with Crippen molar-refractivity contribution < 1.29 is 19.1 Å². The van der Waals surface area contributed by atoms with Crippen LogP contribution < -0.4 is 5.73 Å². The van der Waals surface area contributed by atoms with E-state index in [9.17, 15) is 9.59 Å². The number of benzene rings is 1. The van der Waals surface area contributed by atoms with Gasteiger partial charge in [0.1, 0.15) is 0 Å². The van der Waals surface area contributed by atoms with Crippen molar-refractivity contribution in [2.24, 2.45) is 0 Å². The Hall–Kier alpha value is -2.04. The van der Waals surface area contributed by atoms with Crippen molar-refractivity contribution in [1.29, 1.82) is 0 Å². The average molecular weight is 235 g/mol. The highest BCUT2D eigenvalue weighted by Crippen LogP contribution is 2.17. The monoisotopic (exact) mass is 235 g/mol. The van der Waals surface area contributed by atoms with Crippen LogP contribution in [0.3, 0.4) is 0 Å². The van der Waals surface area contributed by atoms with Gasteiger partial charge >= 0.3 is 11.9 Å². The second kappa shape index (κ2) is 4.45. The third kappa shape index (κ3) is 2.38. The zero-order valence-electron chi connectivity index (χ0n) is 9.43. The number of nitrogens with two attached hydrogens (primary N) is 1. The summed E-state index contributed by atoms with van der Waals surface area (Å²) in [6.45, 7) is 2.14. The number of nitrogen functional groups attached to an aromatic ring is 1.